The van der Waals surface area contributed by atoms with Gasteiger partial charge in [-0.2, -0.15) is 0 Å². The molecule has 12 nitrogen and oxygen atoms in total. The molecule has 2 rings (SSSR count). The van der Waals surface area contributed by atoms with E-state index in [-0.39, 0.29) is 34.9 Å². The van der Waals surface area contributed by atoms with Crippen LogP contribution in [0, 0.1) is 11.8 Å². The van der Waals surface area contributed by atoms with Crippen LogP contribution in [-0.4, -0.2) is 79.4 Å². The minimum Gasteiger partial charge on any atom is -0.439 e. The standard InChI is InChI=1S/C33H50N4O8/c1-18-14-22-27(36-13-12-33(5,6)35)24(38)17-23(29(22)40)37-31(41)19(2)10-9-11-25(43-7)30(45-32(34)42)21(4)16-20(3)28(39)26(15-18)44-8/h9-11,16-18,20,25-26,28,30,36,39H,12-15,35H2,1-8H3,(H2,34,42)(H,37,41)/b11-9+,19-10-,21-16+/t18-,20+,25+,26+,28-,30+/m1/s1. The third-order valence-electron chi connectivity index (χ3n) is 7.86. The highest BCUT2D eigenvalue weighted by atomic mass is 16.6. The van der Waals surface area contributed by atoms with Gasteiger partial charge in [-0.1, -0.05) is 38.2 Å². The molecule has 2 aliphatic rings. The normalized spacial score (nSPS) is 30.8. The number of amides is 2. The monoisotopic (exact) mass is 630 g/mol. The van der Waals surface area contributed by atoms with Crippen molar-refractivity contribution in [1.29, 1.82) is 0 Å². The van der Waals surface area contributed by atoms with Crippen LogP contribution in [0.5, 0.6) is 0 Å². The molecule has 1 aliphatic carbocycles. The molecule has 0 aromatic heterocycles. The first-order chi connectivity index (χ1) is 21.0. The summed E-state index contributed by atoms with van der Waals surface area (Å²) in [5, 5.41) is 17.0. The maximum atomic E-state index is 13.7. The molecular weight excluding hydrogens is 580 g/mol. The summed E-state index contributed by atoms with van der Waals surface area (Å²) in [7, 11) is 2.92. The zero-order chi connectivity index (χ0) is 34.1. The SMILES string of the molecule is CO[C@H]1/C=C/C=C(/C)C(=O)NC2=CC(=O)C(NCCC(C)(C)N)=C(C[C@@H](C)C[C@H](OC)[C@H](O)[C@@H](C)/C=C(\C)[C@@H]1OC(N)=O)C2=O. The number of carbonyl (C=O) groups excluding carboxylic acids is 4. The van der Waals surface area contributed by atoms with Gasteiger partial charge in [0.05, 0.1) is 23.6 Å². The van der Waals surface area contributed by atoms with Gasteiger partial charge in [0.1, 0.15) is 6.10 Å². The predicted octanol–water partition coefficient (Wildman–Crippen LogP) is 2.48. The number of fused-ring (bicyclic) bond motifs is 2. The molecule has 45 heavy (non-hydrogen) atoms. The Balaban J connectivity index is 2.60. The molecule has 0 spiro atoms. The Morgan fingerprint density at radius 3 is 2.40 bits per heavy atom. The quantitative estimate of drug-likeness (QED) is 0.206. The van der Waals surface area contributed by atoms with Crippen molar-refractivity contribution in [3.05, 3.63) is 58.5 Å². The van der Waals surface area contributed by atoms with Gasteiger partial charge in [-0.05, 0) is 58.4 Å². The van der Waals surface area contributed by atoms with E-state index in [1.54, 1.807) is 39.0 Å². The molecule has 0 fully saturated rings. The van der Waals surface area contributed by atoms with Gasteiger partial charge in [-0.25, -0.2) is 4.79 Å². The number of allylic oxidation sites excluding steroid dienone is 4. The van der Waals surface area contributed by atoms with Crippen molar-refractivity contribution in [2.45, 2.75) is 90.8 Å². The predicted molar refractivity (Wildman–Crippen MR) is 170 cm³/mol. The Morgan fingerprint density at radius 1 is 1.16 bits per heavy atom. The maximum absolute atomic E-state index is 13.7. The lowest BCUT2D eigenvalue weighted by Crippen LogP contribution is -2.39. The molecule has 7 N–H and O–H groups in total. The van der Waals surface area contributed by atoms with E-state index in [1.165, 1.54) is 20.3 Å². The first kappa shape index (κ1) is 37.6. The third-order valence-corrected chi connectivity index (χ3v) is 7.86. The van der Waals surface area contributed by atoms with E-state index in [2.05, 4.69) is 10.6 Å². The number of rotatable bonds is 7. The first-order valence-electron chi connectivity index (χ1n) is 15.1. The highest BCUT2D eigenvalue weighted by Crippen LogP contribution is 2.29. The number of nitrogens with two attached hydrogens (primary N) is 2. The van der Waals surface area contributed by atoms with Crippen molar-refractivity contribution in [1.82, 2.24) is 10.6 Å². The number of Topliss-reactive ketones (excluding diaryl/α,β-unsaturated/α-hetero) is 1. The van der Waals surface area contributed by atoms with Crippen LogP contribution < -0.4 is 22.1 Å². The summed E-state index contributed by atoms with van der Waals surface area (Å²) in [5.74, 6) is -2.15. The Bertz CT molecular complexity index is 1270. The summed E-state index contributed by atoms with van der Waals surface area (Å²) in [4.78, 5) is 51.9. The number of carbonyl (C=O) groups is 4. The molecule has 12 heteroatoms. The molecule has 250 valence electrons. The Labute approximate surface area is 266 Å². The van der Waals surface area contributed by atoms with E-state index in [0.29, 0.717) is 25.0 Å². The molecule has 0 aromatic rings. The van der Waals surface area contributed by atoms with Crippen LogP contribution in [0.2, 0.25) is 0 Å². The lowest BCUT2D eigenvalue weighted by Gasteiger charge is -2.30. The number of primary amides is 1. The van der Waals surface area contributed by atoms with E-state index < -0.39 is 59.4 Å². The summed E-state index contributed by atoms with van der Waals surface area (Å²) >= 11 is 0. The largest absolute Gasteiger partial charge is 0.439 e. The van der Waals surface area contributed by atoms with E-state index in [1.807, 2.05) is 20.8 Å². The molecule has 0 radical (unpaired) electrons. The van der Waals surface area contributed by atoms with Crippen LogP contribution in [-0.2, 0) is 28.6 Å². The summed E-state index contributed by atoms with van der Waals surface area (Å²) < 4.78 is 16.6. The summed E-state index contributed by atoms with van der Waals surface area (Å²) in [6, 6.07) is 0. The maximum Gasteiger partial charge on any atom is 0.405 e. The first-order valence-corrected chi connectivity index (χ1v) is 15.1. The number of hydrogen-bond acceptors (Lipinski definition) is 10. The average molecular weight is 631 g/mol. The fraction of sp³-hybridized carbons (Fsp3) is 0.576. The van der Waals surface area contributed by atoms with Gasteiger partial charge < -0.3 is 41.4 Å². The number of hydrogen-bond donors (Lipinski definition) is 5. The van der Waals surface area contributed by atoms with Crippen LogP contribution in [0.3, 0.4) is 0 Å². The second kappa shape index (κ2) is 16.6. The number of ether oxygens (including phenoxy) is 3. The number of ketones is 2. The molecule has 0 saturated carbocycles. The molecule has 1 heterocycles. The lowest BCUT2D eigenvalue weighted by molar-refractivity contribution is -0.120. The summed E-state index contributed by atoms with van der Waals surface area (Å²) in [6.07, 6.45) is 4.30. The fourth-order valence-electron chi connectivity index (χ4n) is 5.29. The van der Waals surface area contributed by atoms with Crippen molar-refractivity contribution in [3.8, 4) is 0 Å². The van der Waals surface area contributed by atoms with Gasteiger partial charge in [0.25, 0.3) is 5.91 Å². The molecule has 0 unspecified atom stereocenters. The molecule has 0 saturated heterocycles. The van der Waals surface area contributed by atoms with Crippen molar-refractivity contribution >= 4 is 23.6 Å². The number of nitrogens with one attached hydrogen (secondary N) is 2. The fourth-order valence-corrected chi connectivity index (χ4v) is 5.29. The van der Waals surface area contributed by atoms with Crippen LogP contribution in [0.1, 0.15) is 60.8 Å². The van der Waals surface area contributed by atoms with Gasteiger partial charge in [0, 0.05) is 49.4 Å². The van der Waals surface area contributed by atoms with E-state index in [0.717, 1.165) is 6.08 Å². The smallest absolute Gasteiger partial charge is 0.405 e. The summed E-state index contributed by atoms with van der Waals surface area (Å²) in [5.41, 5.74) is 12.1. The second-order valence-electron chi connectivity index (χ2n) is 12.6. The molecule has 0 aromatic carbocycles. The van der Waals surface area contributed by atoms with E-state index in [9.17, 15) is 24.3 Å². The van der Waals surface area contributed by atoms with Crippen LogP contribution in [0.15, 0.2) is 58.5 Å². The van der Waals surface area contributed by atoms with Crippen LogP contribution >= 0.6 is 0 Å². The average Bonchev–Trinajstić information content (AvgIpc) is 2.95. The van der Waals surface area contributed by atoms with Gasteiger partial charge in [-0.15, -0.1) is 0 Å². The lowest BCUT2D eigenvalue weighted by atomic mass is 9.85. The van der Waals surface area contributed by atoms with Crippen molar-refractivity contribution in [2.24, 2.45) is 23.3 Å². The van der Waals surface area contributed by atoms with Crippen molar-refractivity contribution < 1.29 is 38.5 Å². The molecule has 6 atom stereocenters. The van der Waals surface area contributed by atoms with Crippen molar-refractivity contribution in [2.75, 3.05) is 20.8 Å². The zero-order valence-electron chi connectivity index (χ0n) is 27.6. The molecule has 2 amide bonds. The summed E-state index contributed by atoms with van der Waals surface area (Å²) in [6.45, 7) is 11.1. The minimum absolute atomic E-state index is 0.131. The topological polar surface area (TPSA) is 192 Å². The Morgan fingerprint density at radius 2 is 1.82 bits per heavy atom. The van der Waals surface area contributed by atoms with Gasteiger partial charge in [-0.3, -0.25) is 14.4 Å². The van der Waals surface area contributed by atoms with Gasteiger partial charge >= 0.3 is 6.09 Å². The zero-order valence-corrected chi connectivity index (χ0v) is 27.6. The highest BCUT2D eigenvalue weighted by Gasteiger charge is 2.33. The molecule has 1 aliphatic heterocycles. The number of aliphatic hydroxyl groups is 1. The number of aliphatic hydroxyl groups excluding tert-OH is 1. The van der Waals surface area contributed by atoms with Crippen LogP contribution in [0.25, 0.3) is 0 Å². The Hall–Kier alpha value is -3.58. The number of methoxy groups -OCH3 is 2. The van der Waals surface area contributed by atoms with E-state index >= 15 is 0 Å². The molecular formula is C33H50N4O8. The Kier molecular flexibility index (Phi) is 13.9. The molecule has 2 bridgehead atoms. The van der Waals surface area contributed by atoms with Crippen LogP contribution in [0.4, 0.5) is 4.79 Å². The third kappa shape index (κ3) is 11.1. The second-order valence-corrected chi connectivity index (χ2v) is 12.6. The van der Waals surface area contributed by atoms with Gasteiger partial charge in [0.2, 0.25) is 11.6 Å². The highest BCUT2D eigenvalue weighted by molar-refractivity contribution is 6.23. The minimum atomic E-state index is -1.00. The van der Waals surface area contributed by atoms with Gasteiger partial charge in [0.15, 0.2) is 6.10 Å². The van der Waals surface area contributed by atoms with Crippen molar-refractivity contribution in [3.63, 3.8) is 0 Å². The van der Waals surface area contributed by atoms with E-state index in [4.69, 9.17) is 25.7 Å².